The van der Waals surface area contributed by atoms with Gasteiger partial charge in [0.25, 0.3) is 0 Å². The zero-order valence-corrected chi connectivity index (χ0v) is 10.2. The fourth-order valence-electron chi connectivity index (χ4n) is 1.31. The van der Waals surface area contributed by atoms with E-state index in [1.807, 2.05) is 24.3 Å². The fourth-order valence-corrected chi connectivity index (χ4v) is 1.57. The lowest BCUT2D eigenvalue weighted by Crippen LogP contribution is -2.23. The van der Waals surface area contributed by atoms with E-state index in [4.69, 9.17) is 10.5 Å². The molecule has 1 atom stereocenters. The minimum atomic E-state index is -0.363. The van der Waals surface area contributed by atoms with Crippen molar-refractivity contribution in [3.05, 3.63) is 34.3 Å². The summed E-state index contributed by atoms with van der Waals surface area (Å²) in [7, 11) is 0. The van der Waals surface area contributed by atoms with E-state index in [1.54, 1.807) is 6.92 Å². The number of nitrogens with two attached hydrogens (primary N) is 1. The predicted octanol–water partition coefficient (Wildman–Crippen LogP) is 2.05. The third-order valence-corrected chi connectivity index (χ3v) is 2.61. The molecule has 0 aromatic heterocycles. The van der Waals surface area contributed by atoms with Crippen LogP contribution in [0, 0.1) is 0 Å². The molecule has 2 N–H and O–H groups in total. The second-order valence-electron chi connectivity index (χ2n) is 3.09. The molecule has 0 heterocycles. The van der Waals surface area contributed by atoms with Gasteiger partial charge in [0.2, 0.25) is 0 Å². The summed E-state index contributed by atoms with van der Waals surface area (Å²) >= 11 is 3.34. The molecule has 0 spiro atoms. The average molecular weight is 272 g/mol. The van der Waals surface area contributed by atoms with Crippen molar-refractivity contribution in [2.24, 2.45) is 5.73 Å². The number of hydrogen-bond donors (Lipinski definition) is 1. The molecule has 4 heteroatoms. The van der Waals surface area contributed by atoms with E-state index < -0.39 is 0 Å². The summed E-state index contributed by atoms with van der Waals surface area (Å²) in [4.78, 5) is 11.5. The van der Waals surface area contributed by atoms with Crippen LogP contribution in [0.2, 0.25) is 0 Å². The summed E-state index contributed by atoms with van der Waals surface area (Å²) in [6, 6.07) is 7.52. The Kier molecular flexibility index (Phi) is 4.78. The maximum atomic E-state index is 11.5. The number of hydrogen-bond acceptors (Lipinski definition) is 3. The summed E-state index contributed by atoms with van der Waals surface area (Å²) in [5.41, 5.74) is 6.45. The van der Waals surface area contributed by atoms with E-state index in [1.165, 1.54) is 0 Å². The summed E-state index contributed by atoms with van der Waals surface area (Å²) in [6.07, 6.45) is 0. The molecule has 0 aliphatic heterocycles. The molecule has 0 amide bonds. The minimum absolute atomic E-state index is 0.262. The van der Waals surface area contributed by atoms with Gasteiger partial charge in [-0.15, -0.1) is 0 Å². The van der Waals surface area contributed by atoms with E-state index in [9.17, 15) is 4.79 Å². The zero-order valence-electron chi connectivity index (χ0n) is 8.57. The first-order valence-electron chi connectivity index (χ1n) is 4.81. The summed E-state index contributed by atoms with van der Waals surface area (Å²) in [5, 5.41) is 0. The van der Waals surface area contributed by atoms with Crippen LogP contribution < -0.4 is 5.73 Å². The normalized spacial score (nSPS) is 12.2. The van der Waals surface area contributed by atoms with Crippen molar-refractivity contribution in [2.45, 2.75) is 12.8 Å². The van der Waals surface area contributed by atoms with E-state index in [0.717, 1.165) is 10.0 Å². The molecule has 0 aliphatic carbocycles. The number of halogens is 1. The molecule has 0 bridgehead atoms. The van der Waals surface area contributed by atoms with Crippen LogP contribution in [0.3, 0.4) is 0 Å². The Morgan fingerprint density at radius 3 is 2.53 bits per heavy atom. The molecule has 1 aromatic carbocycles. The number of carbonyl (C=O) groups is 1. The van der Waals surface area contributed by atoms with Crippen LogP contribution >= 0.6 is 15.9 Å². The van der Waals surface area contributed by atoms with Crippen LogP contribution in [-0.4, -0.2) is 19.1 Å². The van der Waals surface area contributed by atoms with Gasteiger partial charge in [-0.05, 0) is 24.6 Å². The van der Waals surface area contributed by atoms with Gasteiger partial charge in [-0.2, -0.15) is 0 Å². The molecular formula is C11H14BrNO2. The molecule has 15 heavy (non-hydrogen) atoms. The van der Waals surface area contributed by atoms with E-state index >= 15 is 0 Å². The summed E-state index contributed by atoms with van der Waals surface area (Å²) in [5.74, 6) is -0.625. The Hall–Kier alpha value is -0.870. The number of ether oxygens (including phenoxy) is 1. The van der Waals surface area contributed by atoms with Crippen molar-refractivity contribution in [3.8, 4) is 0 Å². The van der Waals surface area contributed by atoms with Gasteiger partial charge >= 0.3 is 5.97 Å². The maximum Gasteiger partial charge on any atom is 0.314 e. The molecule has 1 unspecified atom stereocenters. The number of benzene rings is 1. The second kappa shape index (κ2) is 5.88. The van der Waals surface area contributed by atoms with E-state index in [-0.39, 0.29) is 18.4 Å². The van der Waals surface area contributed by atoms with Crippen molar-refractivity contribution in [1.29, 1.82) is 0 Å². The van der Waals surface area contributed by atoms with Crippen molar-refractivity contribution in [2.75, 3.05) is 13.2 Å². The van der Waals surface area contributed by atoms with Crippen molar-refractivity contribution in [1.82, 2.24) is 0 Å². The molecule has 0 saturated carbocycles. The molecule has 0 aliphatic rings. The summed E-state index contributed by atoms with van der Waals surface area (Å²) in [6.45, 7) is 2.43. The van der Waals surface area contributed by atoms with Gasteiger partial charge < -0.3 is 10.5 Å². The van der Waals surface area contributed by atoms with Crippen LogP contribution in [-0.2, 0) is 9.53 Å². The van der Waals surface area contributed by atoms with Crippen LogP contribution in [0.5, 0.6) is 0 Å². The van der Waals surface area contributed by atoms with Gasteiger partial charge in [-0.3, -0.25) is 4.79 Å². The van der Waals surface area contributed by atoms with Gasteiger partial charge in [0, 0.05) is 11.0 Å². The Morgan fingerprint density at radius 1 is 1.47 bits per heavy atom. The maximum absolute atomic E-state index is 11.5. The molecule has 0 radical (unpaired) electrons. The zero-order chi connectivity index (χ0) is 11.3. The Morgan fingerprint density at radius 2 is 2.07 bits per heavy atom. The Bertz CT molecular complexity index is 324. The van der Waals surface area contributed by atoms with Crippen LogP contribution in [0.4, 0.5) is 0 Å². The predicted molar refractivity (Wildman–Crippen MR) is 62.6 cm³/mol. The monoisotopic (exact) mass is 271 g/mol. The number of esters is 1. The van der Waals surface area contributed by atoms with E-state index in [0.29, 0.717) is 6.61 Å². The SMILES string of the molecule is CCOC(=O)C(CN)c1ccc(Br)cc1. The van der Waals surface area contributed by atoms with Gasteiger partial charge in [0.05, 0.1) is 12.5 Å². The second-order valence-corrected chi connectivity index (χ2v) is 4.01. The minimum Gasteiger partial charge on any atom is -0.465 e. The first-order chi connectivity index (χ1) is 7.19. The first-order valence-corrected chi connectivity index (χ1v) is 5.60. The molecule has 0 saturated heterocycles. The fraction of sp³-hybridized carbons (Fsp3) is 0.364. The highest BCUT2D eigenvalue weighted by Crippen LogP contribution is 2.19. The van der Waals surface area contributed by atoms with Crippen molar-refractivity contribution in [3.63, 3.8) is 0 Å². The first kappa shape index (κ1) is 12.2. The van der Waals surface area contributed by atoms with Crippen LogP contribution in [0.1, 0.15) is 18.4 Å². The lowest BCUT2D eigenvalue weighted by molar-refractivity contribution is -0.144. The highest BCUT2D eigenvalue weighted by molar-refractivity contribution is 9.10. The summed E-state index contributed by atoms with van der Waals surface area (Å²) < 4.78 is 5.93. The highest BCUT2D eigenvalue weighted by atomic mass is 79.9. The third kappa shape index (κ3) is 3.32. The van der Waals surface area contributed by atoms with Gasteiger partial charge in [-0.1, -0.05) is 28.1 Å². The van der Waals surface area contributed by atoms with E-state index in [2.05, 4.69) is 15.9 Å². The van der Waals surface area contributed by atoms with Gasteiger partial charge in [0.1, 0.15) is 0 Å². The lowest BCUT2D eigenvalue weighted by Gasteiger charge is -2.13. The van der Waals surface area contributed by atoms with Crippen LogP contribution in [0.15, 0.2) is 28.7 Å². The van der Waals surface area contributed by atoms with Crippen molar-refractivity contribution >= 4 is 21.9 Å². The molecule has 3 nitrogen and oxygen atoms in total. The molecule has 1 aromatic rings. The topological polar surface area (TPSA) is 52.3 Å². The molecular weight excluding hydrogens is 258 g/mol. The number of carbonyl (C=O) groups excluding carboxylic acids is 1. The average Bonchev–Trinajstić information content (AvgIpc) is 2.22. The van der Waals surface area contributed by atoms with Crippen molar-refractivity contribution < 1.29 is 9.53 Å². The molecule has 1 rings (SSSR count). The lowest BCUT2D eigenvalue weighted by atomic mass is 10.00. The number of rotatable bonds is 4. The van der Waals surface area contributed by atoms with Crippen LogP contribution in [0.25, 0.3) is 0 Å². The quantitative estimate of drug-likeness (QED) is 0.853. The van der Waals surface area contributed by atoms with Gasteiger partial charge in [0.15, 0.2) is 0 Å². The third-order valence-electron chi connectivity index (χ3n) is 2.08. The standard InChI is InChI=1S/C11H14BrNO2/c1-2-15-11(14)10(7-13)8-3-5-9(12)6-4-8/h3-6,10H,2,7,13H2,1H3. The highest BCUT2D eigenvalue weighted by Gasteiger charge is 2.19. The largest absolute Gasteiger partial charge is 0.465 e. The Balaban J connectivity index is 2.82. The Labute approximate surface area is 97.7 Å². The smallest absolute Gasteiger partial charge is 0.314 e. The van der Waals surface area contributed by atoms with Gasteiger partial charge in [-0.25, -0.2) is 0 Å². The molecule has 82 valence electrons. The molecule has 0 fully saturated rings.